The van der Waals surface area contributed by atoms with E-state index in [1.165, 1.54) is 0 Å². The van der Waals surface area contributed by atoms with Gasteiger partial charge in [0, 0.05) is 11.0 Å². The van der Waals surface area contributed by atoms with Crippen molar-refractivity contribution in [3.8, 4) is 17.2 Å². The Morgan fingerprint density at radius 2 is 1.88 bits per heavy atom. The number of hydrogen-bond acceptors (Lipinski definition) is 6. The van der Waals surface area contributed by atoms with Crippen LogP contribution in [0.3, 0.4) is 0 Å². The van der Waals surface area contributed by atoms with Gasteiger partial charge in [0.15, 0.2) is 16.9 Å². The van der Waals surface area contributed by atoms with Gasteiger partial charge in [-0.2, -0.15) is 0 Å². The molecule has 170 valence electrons. The van der Waals surface area contributed by atoms with Gasteiger partial charge in [0.05, 0.1) is 24.1 Å². The molecule has 0 N–H and O–H groups in total. The standard InChI is InChI=1S/C26H18BrNO6/c1-31-17-4-2-3-15(10-17)23-22-24(29)18-11-16(27)6-8-19(18)34-25(22)26(30)28(23)12-14-5-7-20-21(9-14)33-13-32-20/h2-11,23H,12-13H2,1H3. The number of amides is 1. The van der Waals surface area contributed by atoms with Gasteiger partial charge in [-0.15, -0.1) is 0 Å². The minimum Gasteiger partial charge on any atom is -0.497 e. The van der Waals surface area contributed by atoms with Crippen molar-refractivity contribution in [2.24, 2.45) is 0 Å². The van der Waals surface area contributed by atoms with E-state index in [9.17, 15) is 9.59 Å². The van der Waals surface area contributed by atoms with Crippen molar-refractivity contribution in [3.63, 3.8) is 0 Å². The molecule has 0 spiro atoms. The molecular formula is C26H18BrNO6. The van der Waals surface area contributed by atoms with Crippen molar-refractivity contribution in [1.29, 1.82) is 0 Å². The number of nitrogens with zero attached hydrogens (tertiary/aromatic N) is 1. The molecule has 3 heterocycles. The number of carbonyl (C=O) groups is 1. The third-order valence-corrected chi connectivity index (χ3v) is 6.62. The maximum Gasteiger partial charge on any atom is 0.291 e. The second-order valence-electron chi connectivity index (χ2n) is 8.11. The number of benzene rings is 3. The van der Waals surface area contributed by atoms with Crippen LogP contribution in [-0.2, 0) is 6.54 Å². The van der Waals surface area contributed by atoms with Crippen LogP contribution < -0.4 is 19.6 Å². The lowest BCUT2D eigenvalue weighted by atomic mass is 9.98. The molecule has 0 fully saturated rings. The number of halogens is 1. The maximum atomic E-state index is 13.7. The summed E-state index contributed by atoms with van der Waals surface area (Å²) in [6, 6.07) is 17.5. The first kappa shape index (κ1) is 20.8. The average Bonchev–Trinajstić information content (AvgIpc) is 3.42. The number of fused-ring (bicyclic) bond motifs is 3. The minimum atomic E-state index is -0.636. The summed E-state index contributed by atoms with van der Waals surface area (Å²) in [6.07, 6.45) is 0. The van der Waals surface area contributed by atoms with E-state index < -0.39 is 6.04 Å². The molecule has 3 aromatic carbocycles. The Balaban J connectivity index is 1.53. The lowest BCUT2D eigenvalue weighted by Gasteiger charge is -2.25. The van der Waals surface area contributed by atoms with Gasteiger partial charge in [0.2, 0.25) is 12.6 Å². The van der Waals surface area contributed by atoms with Crippen LogP contribution in [-0.4, -0.2) is 24.7 Å². The lowest BCUT2D eigenvalue weighted by molar-refractivity contribution is 0.0714. The Kier molecular flexibility index (Phi) is 4.84. The highest BCUT2D eigenvalue weighted by molar-refractivity contribution is 9.10. The summed E-state index contributed by atoms with van der Waals surface area (Å²) in [5.74, 6) is 1.65. The van der Waals surface area contributed by atoms with Gasteiger partial charge in [0.25, 0.3) is 5.91 Å². The number of rotatable bonds is 4. The van der Waals surface area contributed by atoms with Gasteiger partial charge in [0.1, 0.15) is 11.3 Å². The molecule has 4 aromatic rings. The highest BCUT2D eigenvalue weighted by atomic mass is 79.9. The second kappa shape index (κ2) is 7.92. The van der Waals surface area contributed by atoms with Crippen LogP contribution in [0.25, 0.3) is 11.0 Å². The fraction of sp³-hybridized carbons (Fsp3) is 0.154. The molecule has 0 radical (unpaired) electrons. The number of methoxy groups -OCH3 is 1. The molecular weight excluding hydrogens is 502 g/mol. The third-order valence-electron chi connectivity index (χ3n) is 6.13. The lowest BCUT2D eigenvalue weighted by Crippen LogP contribution is -2.29. The van der Waals surface area contributed by atoms with E-state index in [4.69, 9.17) is 18.6 Å². The number of ether oxygens (including phenoxy) is 3. The Labute approximate surface area is 202 Å². The van der Waals surface area contributed by atoms with E-state index in [2.05, 4.69) is 15.9 Å². The monoisotopic (exact) mass is 519 g/mol. The fourth-order valence-corrected chi connectivity index (χ4v) is 4.91. The van der Waals surface area contributed by atoms with E-state index in [1.54, 1.807) is 30.2 Å². The van der Waals surface area contributed by atoms with Gasteiger partial charge in [-0.25, -0.2) is 0 Å². The van der Waals surface area contributed by atoms with Gasteiger partial charge < -0.3 is 23.5 Å². The Morgan fingerprint density at radius 1 is 1.03 bits per heavy atom. The normalized spacial score (nSPS) is 16.2. The molecule has 6 rings (SSSR count). The Hall–Kier alpha value is -3.78. The van der Waals surface area contributed by atoms with Gasteiger partial charge in [-0.3, -0.25) is 9.59 Å². The van der Waals surface area contributed by atoms with E-state index in [0.717, 1.165) is 15.6 Å². The molecule has 0 bridgehead atoms. The molecule has 7 nitrogen and oxygen atoms in total. The average molecular weight is 520 g/mol. The largest absolute Gasteiger partial charge is 0.497 e. The molecule has 1 aromatic heterocycles. The van der Waals surface area contributed by atoms with Crippen LogP contribution in [0.1, 0.15) is 33.3 Å². The highest BCUT2D eigenvalue weighted by Crippen LogP contribution is 2.41. The molecule has 0 saturated carbocycles. The van der Waals surface area contributed by atoms with Crippen LogP contribution in [0.4, 0.5) is 0 Å². The zero-order valence-electron chi connectivity index (χ0n) is 18.0. The predicted octanol–water partition coefficient (Wildman–Crippen LogP) is 5.04. The summed E-state index contributed by atoms with van der Waals surface area (Å²) in [4.78, 5) is 29.0. The molecule has 8 heteroatoms. The number of hydrogen-bond donors (Lipinski definition) is 0. The Bertz CT molecular complexity index is 1530. The molecule has 2 aliphatic rings. The molecule has 0 saturated heterocycles. The third kappa shape index (κ3) is 3.25. The zero-order chi connectivity index (χ0) is 23.4. The second-order valence-corrected chi connectivity index (χ2v) is 9.03. The van der Waals surface area contributed by atoms with E-state index in [-0.39, 0.29) is 30.4 Å². The molecule has 0 aliphatic carbocycles. The summed E-state index contributed by atoms with van der Waals surface area (Å²) in [5, 5.41) is 0.416. The minimum absolute atomic E-state index is 0.0633. The van der Waals surface area contributed by atoms with Crippen molar-refractivity contribution < 1.29 is 23.4 Å². The smallest absolute Gasteiger partial charge is 0.291 e. The summed E-state index contributed by atoms with van der Waals surface area (Å²) >= 11 is 3.42. The summed E-state index contributed by atoms with van der Waals surface area (Å²) in [5.41, 5.74) is 2.07. The van der Waals surface area contributed by atoms with Crippen molar-refractivity contribution in [3.05, 3.63) is 97.8 Å². The van der Waals surface area contributed by atoms with E-state index >= 15 is 0 Å². The van der Waals surface area contributed by atoms with Crippen LogP contribution in [0.15, 0.2) is 74.3 Å². The van der Waals surface area contributed by atoms with Crippen LogP contribution in [0, 0.1) is 0 Å². The first-order valence-corrected chi connectivity index (χ1v) is 11.4. The number of carbonyl (C=O) groups excluding carboxylic acids is 1. The zero-order valence-corrected chi connectivity index (χ0v) is 19.6. The van der Waals surface area contributed by atoms with E-state index in [1.807, 2.05) is 42.5 Å². The summed E-state index contributed by atoms with van der Waals surface area (Å²) in [6.45, 7) is 0.418. The van der Waals surface area contributed by atoms with E-state index in [0.29, 0.717) is 33.8 Å². The van der Waals surface area contributed by atoms with Gasteiger partial charge in [-0.05, 0) is 53.6 Å². The SMILES string of the molecule is COc1cccc(C2c3c(oc4ccc(Br)cc4c3=O)C(=O)N2Cc2ccc3c(c2)OCO3)c1. The van der Waals surface area contributed by atoms with Crippen molar-refractivity contribution in [1.82, 2.24) is 4.90 Å². The molecule has 1 atom stereocenters. The quantitative estimate of drug-likeness (QED) is 0.376. The molecule has 1 amide bonds. The molecule has 34 heavy (non-hydrogen) atoms. The van der Waals surface area contributed by atoms with Crippen LogP contribution in [0.5, 0.6) is 17.2 Å². The first-order valence-electron chi connectivity index (χ1n) is 10.6. The molecule has 2 aliphatic heterocycles. The fourth-order valence-electron chi connectivity index (χ4n) is 4.55. The van der Waals surface area contributed by atoms with Gasteiger partial charge in [-0.1, -0.05) is 34.1 Å². The maximum absolute atomic E-state index is 13.7. The summed E-state index contributed by atoms with van der Waals surface area (Å²) < 4.78 is 23.1. The predicted molar refractivity (Wildman–Crippen MR) is 127 cm³/mol. The van der Waals surface area contributed by atoms with Crippen molar-refractivity contribution in [2.75, 3.05) is 13.9 Å². The molecule has 1 unspecified atom stereocenters. The van der Waals surface area contributed by atoms with Crippen molar-refractivity contribution >= 4 is 32.8 Å². The first-order chi connectivity index (χ1) is 16.5. The Morgan fingerprint density at radius 3 is 2.74 bits per heavy atom. The van der Waals surface area contributed by atoms with Crippen molar-refractivity contribution in [2.45, 2.75) is 12.6 Å². The van der Waals surface area contributed by atoms with Crippen LogP contribution >= 0.6 is 15.9 Å². The van der Waals surface area contributed by atoms with Crippen LogP contribution in [0.2, 0.25) is 0 Å². The topological polar surface area (TPSA) is 78.2 Å². The van der Waals surface area contributed by atoms with Gasteiger partial charge >= 0.3 is 0 Å². The highest BCUT2D eigenvalue weighted by Gasteiger charge is 2.43. The summed E-state index contributed by atoms with van der Waals surface area (Å²) in [7, 11) is 1.58.